The molecule has 3 rings (SSSR count). The average molecular weight is 342 g/mol. The Morgan fingerprint density at radius 3 is 2.96 bits per heavy atom. The highest BCUT2D eigenvalue weighted by Gasteiger charge is 2.25. The van der Waals surface area contributed by atoms with Gasteiger partial charge in [0, 0.05) is 32.9 Å². The highest BCUT2D eigenvalue weighted by atomic mass is 16.5. The lowest BCUT2D eigenvalue weighted by Crippen LogP contribution is -2.46. The van der Waals surface area contributed by atoms with Gasteiger partial charge in [0.1, 0.15) is 0 Å². The summed E-state index contributed by atoms with van der Waals surface area (Å²) in [6, 6.07) is 8.33. The fourth-order valence-electron chi connectivity index (χ4n) is 3.23. The molecule has 1 aliphatic rings. The Balaban J connectivity index is 1.54. The Morgan fingerprint density at radius 2 is 2.16 bits per heavy atom. The van der Waals surface area contributed by atoms with Gasteiger partial charge in [-0.25, -0.2) is 4.98 Å². The molecular formula is C19H26N4O2. The van der Waals surface area contributed by atoms with Crippen LogP contribution in [-0.2, 0) is 35.6 Å². The van der Waals surface area contributed by atoms with E-state index in [2.05, 4.69) is 39.5 Å². The standard InChI is InChI=1S/C19H26N4O2/c1-15(22-8-7-16-5-3-4-6-17(16)13-22)19(24)21-12-18-11-20-14-23(18)9-10-25-2/h3-6,11,14-15H,7-10,12-13H2,1-2H3,(H,21,24)/t15-/m1/s1. The number of rotatable bonds is 7. The van der Waals surface area contributed by atoms with Crippen LogP contribution in [0.4, 0.5) is 0 Å². The first-order chi connectivity index (χ1) is 12.2. The Kier molecular flexibility index (Phi) is 5.83. The monoisotopic (exact) mass is 342 g/mol. The number of amides is 1. The number of carbonyl (C=O) groups is 1. The van der Waals surface area contributed by atoms with Crippen molar-refractivity contribution in [1.82, 2.24) is 19.8 Å². The summed E-state index contributed by atoms with van der Waals surface area (Å²) >= 11 is 0. The molecule has 0 saturated heterocycles. The molecule has 6 nitrogen and oxygen atoms in total. The topological polar surface area (TPSA) is 59.4 Å². The zero-order valence-electron chi connectivity index (χ0n) is 14.9. The van der Waals surface area contributed by atoms with Crippen molar-refractivity contribution < 1.29 is 9.53 Å². The SMILES string of the molecule is COCCn1cncc1CNC(=O)[C@@H](C)N1CCc2ccccc2C1. The third-order valence-electron chi connectivity index (χ3n) is 4.87. The van der Waals surface area contributed by atoms with Crippen LogP contribution >= 0.6 is 0 Å². The summed E-state index contributed by atoms with van der Waals surface area (Å²) < 4.78 is 7.10. The summed E-state index contributed by atoms with van der Waals surface area (Å²) in [4.78, 5) is 19.0. The van der Waals surface area contributed by atoms with Crippen molar-refractivity contribution in [2.45, 2.75) is 39.0 Å². The molecule has 1 amide bonds. The number of carbonyl (C=O) groups excluding carboxylic acids is 1. The van der Waals surface area contributed by atoms with Gasteiger partial charge in [-0.3, -0.25) is 9.69 Å². The molecule has 1 aromatic carbocycles. The molecule has 0 unspecified atom stereocenters. The van der Waals surface area contributed by atoms with Crippen LogP contribution in [-0.4, -0.2) is 46.7 Å². The number of nitrogens with one attached hydrogen (secondary N) is 1. The Labute approximate surface area is 148 Å². The van der Waals surface area contributed by atoms with Gasteiger partial charge in [0.25, 0.3) is 0 Å². The second-order valence-electron chi connectivity index (χ2n) is 6.45. The van der Waals surface area contributed by atoms with Gasteiger partial charge in [-0.1, -0.05) is 24.3 Å². The van der Waals surface area contributed by atoms with E-state index in [1.165, 1.54) is 11.1 Å². The predicted molar refractivity (Wildman–Crippen MR) is 96.0 cm³/mol. The van der Waals surface area contributed by atoms with Crippen molar-refractivity contribution >= 4 is 5.91 Å². The number of fused-ring (bicyclic) bond motifs is 1. The summed E-state index contributed by atoms with van der Waals surface area (Å²) in [5, 5.41) is 3.04. The second kappa shape index (κ2) is 8.27. The van der Waals surface area contributed by atoms with Crippen molar-refractivity contribution in [3.8, 4) is 0 Å². The zero-order chi connectivity index (χ0) is 17.6. The van der Waals surface area contributed by atoms with E-state index in [9.17, 15) is 4.79 Å². The minimum atomic E-state index is -0.149. The fraction of sp³-hybridized carbons (Fsp3) is 0.474. The van der Waals surface area contributed by atoms with Crippen LogP contribution in [0.25, 0.3) is 0 Å². The summed E-state index contributed by atoms with van der Waals surface area (Å²) in [6.07, 6.45) is 4.56. The Bertz CT molecular complexity index is 713. The largest absolute Gasteiger partial charge is 0.383 e. The van der Waals surface area contributed by atoms with Crippen LogP contribution in [0.15, 0.2) is 36.8 Å². The van der Waals surface area contributed by atoms with E-state index in [0.717, 1.165) is 31.7 Å². The van der Waals surface area contributed by atoms with E-state index in [1.807, 2.05) is 11.5 Å². The number of hydrogen-bond acceptors (Lipinski definition) is 4. The normalized spacial score (nSPS) is 15.6. The molecule has 1 aromatic heterocycles. The van der Waals surface area contributed by atoms with Crippen molar-refractivity contribution in [2.75, 3.05) is 20.3 Å². The third-order valence-corrected chi connectivity index (χ3v) is 4.87. The molecular weight excluding hydrogens is 316 g/mol. The van der Waals surface area contributed by atoms with E-state index in [-0.39, 0.29) is 11.9 Å². The number of methoxy groups -OCH3 is 1. The molecule has 2 heterocycles. The van der Waals surface area contributed by atoms with Gasteiger partial charge in [0.15, 0.2) is 0 Å². The van der Waals surface area contributed by atoms with Crippen LogP contribution in [0.5, 0.6) is 0 Å². The first kappa shape index (κ1) is 17.6. The van der Waals surface area contributed by atoms with Crippen LogP contribution in [0.2, 0.25) is 0 Å². The van der Waals surface area contributed by atoms with Gasteiger partial charge in [-0.2, -0.15) is 0 Å². The lowest BCUT2D eigenvalue weighted by Gasteiger charge is -2.32. The average Bonchev–Trinajstić information content (AvgIpc) is 3.10. The molecule has 6 heteroatoms. The molecule has 0 aliphatic carbocycles. The fourth-order valence-corrected chi connectivity index (χ4v) is 3.23. The highest BCUT2D eigenvalue weighted by Crippen LogP contribution is 2.20. The smallest absolute Gasteiger partial charge is 0.237 e. The summed E-state index contributed by atoms with van der Waals surface area (Å²) in [5.74, 6) is 0.0545. The lowest BCUT2D eigenvalue weighted by atomic mass is 9.99. The van der Waals surface area contributed by atoms with E-state index >= 15 is 0 Å². The van der Waals surface area contributed by atoms with Gasteiger partial charge < -0.3 is 14.6 Å². The molecule has 0 fully saturated rings. The third kappa shape index (κ3) is 4.27. The number of aromatic nitrogens is 2. The second-order valence-corrected chi connectivity index (χ2v) is 6.45. The van der Waals surface area contributed by atoms with Crippen LogP contribution in [0.1, 0.15) is 23.7 Å². The van der Waals surface area contributed by atoms with Crippen LogP contribution in [0.3, 0.4) is 0 Å². The Hall–Kier alpha value is -2.18. The van der Waals surface area contributed by atoms with E-state index in [0.29, 0.717) is 13.2 Å². The lowest BCUT2D eigenvalue weighted by molar-refractivity contribution is -0.126. The van der Waals surface area contributed by atoms with Gasteiger partial charge in [0.2, 0.25) is 5.91 Å². The first-order valence-corrected chi connectivity index (χ1v) is 8.75. The maximum absolute atomic E-state index is 12.6. The van der Waals surface area contributed by atoms with E-state index < -0.39 is 0 Å². The molecule has 0 spiro atoms. The summed E-state index contributed by atoms with van der Waals surface area (Å²) in [6.45, 7) is 5.57. The van der Waals surface area contributed by atoms with E-state index in [1.54, 1.807) is 19.6 Å². The number of hydrogen-bond donors (Lipinski definition) is 1. The number of benzene rings is 1. The maximum atomic E-state index is 12.6. The van der Waals surface area contributed by atoms with Crippen LogP contribution in [0, 0.1) is 0 Å². The predicted octanol–water partition coefficient (Wildman–Crippen LogP) is 1.59. The molecule has 0 radical (unpaired) electrons. The molecule has 0 saturated carbocycles. The summed E-state index contributed by atoms with van der Waals surface area (Å²) in [7, 11) is 1.68. The number of nitrogens with zero attached hydrogens (tertiary/aromatic N) is 3. The first-order valence-electron chi connectivity index (χ1n) is 8.75. The maximum Gasteiger partial charge on any atom is 0.237 e. The van der Waals surface area contributed by atoms with Crippen molar-refractivity contribution in [3.63, 3.8) is 0 Å². The van der Waals surface area contributed by atoms with Gasteiger partial charge in [-0.15, -0.1) is 0 Å². The molecule has 134 valence electrons. The number of imidazole rings is 1. The van der Waals surface area contributed by atoms with Crippen LogP contribution < -0.4 is 5.32 Å². The van der Waals surface area contributed by atoms with Crippen molar-refractivity contribution in [3.05, 3.63) is 53.6 Å². The molecule has 0 bridgehead atoms. The molecule has 1 N–H and O–H groups in total. The van der Waals surface area contributed by atoms with E-state index in [4.69, 9.17) is 4.74 Å². The quantitative estimate of drug-likeness (QED) is 0.830. The van der Waals surface area contributed by atoms with Gasteiger partial charge >= 0.3 is 0 Å². The molecule has 1 atom stereocenters. The number of ether oxygens (including phenoxy) is 1. The zero-order valence-corrected chi connectivity index (χ0v) is 14.9. The highest BCUT2D eigenvalue weighted by molar-refractivity contribution is 5.81. The Morgan fingerprint density at radius 1 is 1.36 bits per heavy atom. The summed E-state index contributed by atoms with van der Waals surface area (Å²) in [5.41, 5.74) is 3.71. The van der Waals surface area contributed by atoms with Crippen molar-refractivity contribution in [2.24, 2.45) is 0 Å². The minimum Gasteiger partial charge on any atom is -0.383 e. The van der Waals surface area contributed by atoms with Crippen molar-refractivity contribution in [1.29, 1.82) is 0 Å². The van der Waals surface area contributed by atoms with Gasteiger partial charge in [0.05, 0.1) is 31.2 Å². The minimum absolute atomic E-state index is 0.0545. The molecule has 25 heavy (non-hydrogen) atoms. The molecule has 1 aliphatic heterocycles. The molecule has 2 aromatic rings. The van der Waals surface area contributed by atoms with Gasteiger partial charge in [-0.05, 0) is 24.5 Å².